The zero-order valence-corrected chi connectivity index (χ0v) is 17.0. The predicted molar refractivity (Wildman–Crippen MR) is 113 cm³/mol. The Kier molecular flexibility index (Phi) is 4.40. The quantitative estimate of drug-likeness (QED) is 0.491. The van der Waals surface area contributed by atoms with Crippen molar-refractivity contribution in [2.45, 2.75) is 25.7 Å². The number of rotatable bonds is 4. The first-order valence-electron chi connectivity index (χ1n) is 9.09. The van der Waals surface area contributed by atoms with E-state index in [1.807, 2.05) is 6.92 Å². The van der Waals surface area contributed by atoms with E-state index in [1.54, 1.807) is 48.1 Å². The van der Waals surface area contributed by atoms with Gasteiger partial charge in [0.15, 0.2) is 0 Å². The normalized spacial score (nSPS) is 13.6. The molecular formula is C19H16ClN7OS. The van der Waals surface area contributed by atoms with Crippen LogP contribution in [0, 0.1) is 6.92 Å². The lowest BCUT2D eigenvalue weighted by atomic mass is 10.1. The summed E-state index contributed by atoms with van der Waals surface area (Å²) < 4.78 is 0. The number of carbonyl (C=O) groups excluding carboxylic acids is 1. The molecule has 0 saturated heterocycles. The van der Waals surface area contributed by atoms with Gasteiger partial charge in [0.25, 0.3) is 0 Å². The Labute approximate surface area is 174 Å². The topological polar surface area (TPSA) is 97.6 Å². The van der Waals surface area contributed by atoms with Crippen molar-refractivity contribution in [3.8, 4) is 5.69 Å². The fourth-order valence-electron chi connectivity index (χ4n) is 3.26. The molecule has 8 nitrogen and oxygen atoms in total. The van der Waals surface area contributed by atoms with Crippen LogP contribution >= 0.6 is 22.9 Å². The molecule has 0 aliphatic heterocycles. The van der Waals surface area contributed by atoms with E-state index in [4.69, 9.17) is 11.6 Å². The molecule has 2 N–H and O–H groups in total. The summed E-state index contributed by atoms with van der Waals surface area (Å²) >= 11 is 7.88. The summed E-state index contributed by atoms with van der Waals surface area (Å²) in [5.41, 5.74) is 3.87. The minimum Gasteiger partial charge on any atom is -0.308 e. The molecule has 3 aromatic heterocycles. The van der Waals surface area contributed by atoms with Gasteiger partial charge in [0.2, 0.25) is 0 Å². The molecule has 1 aliphatic carbocycles. The number of urea groups is 1. The van der Waals surface area contributed by atoms with Gasteiger partial charge in [-0.05, 0) is 43.9 Å². The highest BCUT2D eigenvalue weighted by molar-refractivity contribution is 7.18. The predicted octanol–water partition coefficient (Wildman–Crippen LogP) is 4.76. The Hall–Kier alpha value is -3.04. The van der Waals surface area contributed by atoms with E-state index in [0.717, 1.165) is 33.8 Å². The number of amides is 2. The first-order valence-corrected chi connectivity index (χ1v) is 10.3. The van der Waals surface area contributed by atoms with Gasteiger partial charge in [-0.2, -0.15) is 15.0 Å². The van der Waals surface area contributed by atoms with Crippen LogP contribution in [0.5, 0.6) is 0 Å². The summed E-state index contributed by atoms with van der Waals surface area (Å²) in [6.07, 6.45) is 7.06. The number of hydrogen-bond acceptors (Lipinski definition) is 6. The summed E-state index contributed by atoms with van der Waals surface area (Å²) in [6, 6.07) is 4.80. The molecule has 1 saturated carbocycles. The van der Waals surface area contributed by atoms with Gasteiger partial charge in [0.05, 0.1) is 34.3 Å². The molecule has 1 fully saturated rings. The SMILES string of the molecule is Cc1nc2c(C3CC3)c(NC(=O)Nc3ccc(-n4nccn4)c(Cl)c3)cnc2s1. The van der Waals surface area contributed by atoms with E-state index >= 15 is 0 Å². The average molecular weight is 426 g/mol. The van der Waals surface area contributed by atoms with E-state index in [-0.39, 0.29) is 6.03 Å². The fourth-order valence-corrected chi connectivity index (χ4v) is 4.29. The maximum atomic E-state index is 12.6. The van der Waals surface area contributed by atoms with Crippen LogP contribution in [0.15, 0.2) is 36.8 Å². The average Bonchev–Trinajstić information content (AvgIpc) is 3.21. The number of aryl methyl sites for hydroxylation is 1. The molecule has 0 bridgehead atoms. The minimum atomic E-state index is -0.360. The first-order chi connectivity index (χ1) is 14.1. The lowest BCUT2D eigenvalue weighted by molar-refractivity contribution is 0.262. The largest absolute Gasteiger partial charge is 0.323 e. The Balaban J connectivity index is 1.37. The molecule has 0 radical (unpaired) electrons. The second-order valence-corrected chi connectivity index (χ2v) is 8.40. The third kappa shape index (κ3) is 3.54. The molecular weight excluding hydrogens is 410 g/mol. The molecule has 0 spiro atoms. The Morgan fingerprint density at radius 1 is 1.24 bits per heavy atom. The number of halogens is 1. The van der Waals surface area contributed by atoms with Gasteiger partial charge in [-0.3, -0.25) is 0 Å². The van der Waals surface area contributed by atoms with Crippen molar-refractivity contribution in [3.05, 3.63) is 52.4 Å². The molecule has 4 aromatic rings. The van der Waals surface area contributed by atoms with Crippen molar-refractivity contribution in [2.75, 3.05) is 10.6 Å². The monoisotopic (exact) mass is 425 g/mol. The van der Waals surface area contributed by atoms with Crippen LogP contribution in [-0.4, -0.2) is 31.0 Å². The van der Waals surface area contributed by atoms with Crippen LogP contribution < -0.4 is 10.6 Å². The van der Waals surface area contributed by atoms with Crippen molar-refractivity contribution in [2.24, 2.45) is 0 Å². The molecule has 1 aliphatic rings. The lowest BCUT2D eigenvalue weighted by Crippen LogP contribution is -2.20. The number of carbonyl (C=O) groups is 1. The Bertz CT molecular complexity index is 1220. The van der Waals surface area contributed by atoms with E-state index in [0.29, 0.717) is 28.0 Å². The Morgan fingerprint density at radius 3 is 2.76 bits per heavy atom. The van der Waals surface area contributed by atoms with Crippen LogP contribution in [0.2, 0.25) is 5.02 Å². The number of pyridine rings is 1. The number of nitrogens with zero attached hydrogens (tertiary/aromatic N) is 5. The number of hydrogen-bond donors (Lipinski definition) is 2. The van der Waals surface area contributed by atoms with Gasteiger partial charge in [0, 0.05) is 11.3 Å². The van der Waals surface area contributed by atoms with E-state index in [9.17, 15) is 4.79 Å². The summed E-state index contributed by atoms with van der Waals surface area (Å²) in [4.78, 5) is 24.0. The van der Waals surface area contributed by atoms with Crippen LogP contribution in [0.3, 0.4) is 0 Å². The van der Waals surface area contributed by atoms with Gasteiger partial charge in [-0.15, -0.1) is 0 Å². The molecule has 1 aromatic carbocycles. The smallest absolute Gasteiger partial charge is 0.308 e. The summed E-state index contributed by atoms with van der Waals surface area (Å²) in [6.45, 7) is 1.97. The standard InChI is InChI=1S/C19H16ClN7OS/c1-10-24-17-16(11-2-3-11)14(9-21-18(17)29-10)26-19(28)25-12-4-5-15(13(20)8-12)27-22-6-7-23-27/h4-9,11H,2-3H2,1H3,(H2,25,26,28). The van der Waals surface area contributed by atoms with Crippen LogP contribution in [-0.2, 0) is 0 Å². The third-order valence-corrected chi connectivity index (χ3v) is 5.83. The van der Waals surface area contributed by atoms with E-state index < -0.39 is 0 Å². The van der Waals surface area contributed by atoms with Crippen LogP contribution in [0.25, 0.3) is 16.0 Å². The molecule has 5 rings (SSSR count). The zero-order chi connectivity index (χ0) is 20.0. The first kappa shape index (κ1) is 18.0. The number of fused-ring (bicyclic) bond motifs is 1. The second kappa shape index (κ2) is 7.09. The van der Waals surface area contributed by atoms with Crippen molar-refractivity contribution < 1.29 is 4.79 Å². The van der Waals surface area contributed by atoms with Crippen molar-refractivity contribution >= 4 is 50.7 Å². The van der Waals surface area contributed by atoms with E-state index in [1.165, 1.54) is 4.80 Å². The highest BCUT2D eigenvalue weighted by atomic mass is 35.5. The molecule has 3 heterocycles. The minimum absolute atomic E-state index is 0.360. The number of benzene rings is 1. The summed E-state index contributed by atoms with van der Waals surface area (Å²) in [5.74, 6) is 0.424. The second-order valence-electron chi connectivity index (χ2n) is 6.81. The van der Waals surface area contributed by atoms with Crippen molar-refractivity contribution in [3.63, 3.8) is 0 Å². The van der Waals surface area contributed by atoms with Crippen molar-refractivity contribution in [1.82, 2.24) is 25.0 Å². The number of nitrogens with one attached hydrogen (secondary N) is 2. The molecule has 10 heteroatoms. The highest BCUT2D eigenvalue weighted by Gasteiger charge is 2.30. The van der Waals surface area contributed by atoms with Gasteiger partial charge >= 0.3 is 6.03 Å². The molecule has 2 amide bonds. The maximum Gasteiger partial charge on any atom is 0.323 e. The number of thiazole rings is 1. The number of aromatic nitrogens is 5. The maximum absolute atomic E-state index is 12.6. The van der Waals surface area contributed by atoms with Crippen molar-refractivity contribution in [1.29, 1.82) is 0 Å². The molecule has 29 heavy (non-hydrogen) atoms. The van der Waals surface area contributed by atoms with Crippen LogP contribution in [0.1, 0.15) is 29.3 Å². The summed E-state index contributed by atoms with van der Waals surface area (Å²) in [7, 11) is 0. The van der Waals surface area contributed by atoms with Gasteiger partial charge in [-0.1, -0.05) is 22.9 Å². The Morgan fingerprint density at radius 2 is 2.03 bits per heavy atom. The van der Waals surface area contributed by atoms with Crippen LogP contribution in [0.4, 0.5) is 16.2 Å². The third-order valence-electron chi connectivity index (χ3n) is 4.65. The fraction of sp³-hybridized carbons (Fsp3) is 0.211. The summed E-state index contributed by atoms with van der Waals surface area (Å²) in [5, 5.41) is 15.3. The lowest BCUT2D eigenvalue weighted by Gasteiger charge is -2.12. The zero-order valence-electron chi connectivity index (χ0n) is 15.4. The highest BCUT2D eigenvalue weighted by Crippen LogP contribution is 2.46. The molecule has 0 atom stereocenters. The van der Waals surface area contributed by atoms with Gasteiger partial charge in [0.1, 0.15) is 16.0 Å². The van der Waals surface area contributed by atoms with Gasteiger partial charge < -0.3 is 10.6 Å². The molecule has 0 unspecified atom stereocenters. The van der Waals surface area contributed by atoms with Gasteiger partial charge in [-0.25, -0.2) is 14.8 Å². The van der Waals surface area contributed by atoms with E-state index in [2.05, 4.69) is 30.8 Å². The molecule has 146 valence electrons. The number of anilines is 2.